The van der Waals surface area contributed by atoms with Gasteiger partial charge in [-0.2, -0.15) is 0 Å². The quantitative estimate of drug-likeness (QED) is 0.871. The van der Waals surface area contributed by atoms with Crippen molar-refractivity contribution in [1.82, 2.24) is 10.3 Å². The maximum absolute atomic E-state index is 12.2. The molecule has 6 nitrogen and oxygen atoms in total. The molecule has 26 heavy (non-hydrogen) atoms. The summed E-state index contributed by atoms with van der Waals surface area (Å²) in [7, 11) is -3.26. The standard InChI is InChI=1S/C19H23N3O3S/c1-26(24,25)17-8-6-16(7-9-17)19(23)21-14-15-5-10-18(20-13-15)22-11-3-2-4-12-22/h5-10,13H,2-4,11-12,14H2,1H3,(H,21,23). The zero-order chi connectivity index (χ0) is 18.6. The Morgan fingerprint density at radius 3 is 2.35 bits per heavy atom. The van der Waals surface area contributed by atoms with Crippen molar-refractivity contribution in [1.29, 1.82) is 0 Å². The van der Waals surface area contributed by atoms with E-state index in [0.29, 0.717) is 12.1 Å². The minimum absolute atomic E-state index is 0.201. The molecule has 0 saturated carbocycles. The number of pyridine rings is 1. The van der Waals surface area contributed by atoms with E-state index in [0.717, 1.165) is 30.7 Å². The summed E-state index contributed by atoms with van der Waals surface area (Å²) in [4.78, 5) is 19.2. The number of anilines is 1. The summed E-state index contributed by atoms with van der Waals surface area (Å²) in [6.45, 7) is 2.47. The lowest BCUT2D eigenvalue weighted by molar-refractivity contribution is 0.0951. The number of sulfone groups is 1. The fourth-order valence-corrected chi connectivity index (χ4v) is 3.60. The summed E-state index contributed by atoms with van der Waals surface area (Å²) < 4.78 is 22.9. The van der Waals surface area contributed by atoms with Crippen LogP contribution in [0.25, 0.3) is 0 Å². The zero-order valence-corrected chi connectivity index (χ0v) is 15.6. The minimum Gasteiger partial charge on any atom is -0.357 e. The van der Waals surface area contributed by atoms with Crippen molar-refractivity contribution in [3.63, 3.8) is 0 Å². The van der Waals surface area contributed by atoms with Crippen LogP contribution in [0.1, 0.15) is 35.2 Å². The number of amides is 1. The van der Waals surface area contributed by atoms with Gasteiger partial charge in [-0.3, -0.25) is 4.79 Å². The molecule has 0 unspecified atom stereocenters. The molecule has 1 amide bonds. The van der Waals surface area contributed by atoms with Gasteiger partial charge in [0.1, 0.15) is 5.82 Å². The predicted molar refractivity (Wildman–Crippen MR) is 101 cm³/mol. The third-order valence-electron chi connectivity index (χ3n) is 4.49. The summed E-state index contributed by atoms with van der Waals surface area (Å²) in [5, 5.41) is 2.83. The number of hydrogen-bond donors (Lipinski definition) is 1. The van der Waals surface area contributed by atoms with Gasteiger partial charge in [-0.1, -0.05) is 6.07 Å². The molecule has 1 aromatic heterocycles. The second kappa shape index (κ2) is 7.86. The van der Waals surface area contributed by atoms with E-state index in [4.69, 9.17) is 0 Å². The van der Waals surface area contributed by atoms with Crippen LogP contribution in [-0.4, -0.2) is 38.7 Å². The highest BCUT2D eigenvalue weighted by Gasteiger charge is 2.12. The molecule has 3 rings (SSSR count). The largest absolute Gasteiger partial charge is 0.357 e. The van der Waals surface area contributed by atoms with E-state index in [1.54, 1.807) is 6.20 Å². The lowest BCUT2D eigenvalue weighted by Gasteiger charge is -2.27. The first-order valence-electron chi connectivity index (χ1n) is 8.72. The number of benzene rings is 1. The van der Waals surface area contributed by atoms with Crippen LogP contribution in [0.4, 0.5) is 5.82 Å². The van der Waals surface area contributed by atoms with E-state index in [1.807, 2.05) is 12.1 Å². The van der Waals surface area contributed by atoms with Crippen molar-refractivity contribution in [2.45, 2.75) is 30.7 Å². The summed E-state index contributed by atoms with van der Waals surface area (Å²) >= 11 is 0. The van der Waals surface area contributed by atoms with Gasteiger partial charge in [0.05, 0.1) is 4.90 Å². The van der Waals surface area contributed by atoms with Crippen molar-refractivity contribution < 1.29 is 13.2 Å². The molecule has 1 aliphatic heterocycles. The smallest absolute Gasteiger partial charge is 0.251 e. The maximum atomic E-state index is 12.2. The first-order valence-corrected chi connectivity index (χ1v) is 10.6. The fraction of sp³-hybridized carbons (Fsp3) is 0.368. The van der Waals surface area contributed by atoms with Crippen LogP contribution >= 0.6 is 0 Å². The number of piperidine rings is 1. The van der Waals surface area contributed by atoms with Crippen LogP contribution in [0, 0.1) is 0 Å². The van der Waals surface area contributed by atoms with Crippen molar-refractivity contribution in [2.75, 3.05) is 24.2 Å². The Kier molecular flexibility index (Phi) is 5.56. The summed E-state index contributed by atoms with van der Waals surface area (Å²) in [6, 6.07) is 9.89. The SMILES string of the molecule is CS(=O)(=O)c1ccc(C(=O)NCc2ccc(N3CCCCC3)nc2)cc1. The molecule has 7 heteroatoms. The number of hydrogen-bond acceptors (Lipinski definition) is 5. The van der Waals surface area contributed by atoms with Crippen LogP contribution in [0.2, 0.25) is 0 Å². The average molecular weight is 373 g/mol. The van der Waals surface area contributed by atoms with Gasteiger partial charge >= 0.3 is 0 Å². The Labute approximate surface area is 154 Å². The first kappa shape index (κ1) is 18.4. The minimum atomic E-state index is -3.26. The molecule has 1 aliphatic rings. The van der Waals surface area contributed by atoms with E-state index < -0.39 is 9.84 Å². The zero-order valence-electron chi connectivity index (χ0n) is 14.8. The monoisotopic (exact) mass is 373 g/mol. The van der Waals surface area contributed by atoms with Crippen molar-refractivity contribution in [2.24, 2.45) is 0 Å². The van der Waals surface area contributed by atoms with Crippen molar-refractivity contribution in [3.05, 3.63) is 53.7 Å². The molecular formula is C19H23N3O3S. The Bertz CT molecular complexity index is 856. The molecule has 1 fully saturated rings. The molecule has 2 aromatic rings. The van der Waals surface area contributed by atoms with Gasteiger partial charge in [0.15, 0.2) is 9.84 Å². The number of carbonyl (C=O) groups excluding carboxylic acids is 1. The van der Waals surface area contributed by atoms with Crippen LogP contribution in [0.3, 0.4) is 0 Å². The third kappa shape index (κ3) is 4.60. The van der Waals surface area contributed by atoms with E-state index in [9.17, 15) is 13.2 Å². The normalized spacial score (nSPS) is 14.9. The van der Waals surface area contributed by atoms with E-state index in [-0.39, 0.29) is 10.8 Å². The maximum Gasteiger partial charge on any atom is 0.251 e. The molecular weight excluding hydrogens is 350 g/mol. The number of nitrogens with zero attached hydrogens (tertiary/aromatic N) is 2. The first-order chi connectivity index (χ1) is 12.4. The van der Waals surface area contributed by atoms with Gasteiger partial charge in [-0.05, 0) is 55.2 Å². The van der Waals surface area contributed by atoms with Gasteiger partial charge in [0.25, 0.3) is 5.91 Å². The Morgan fingerprint density at radius 2 is 1.77 bits per heavy atom. The Balaban J connectivity index is 1.57. The highest BCUT2D eigenvalue weighted by Crippen LogP contribution is 2.17. The van der Waals surface area contributed by atoms with Crippen molar-refractivity contribution in [3.8, 4) is 0 Å². The van der Waals surface area contributed by atoms with Crippen LogP contribution in [-0.2, 0) is 16.4 Å². The molecule has 0 spiro atoms. The predicted octanol–water partition coefficient (Wildman–Crippen LogP) is 2.41. The lowest BCUT2D eigenvalue weighted by Crippen LogP contribution is -2.30. The third-order valence-corrected chi connectivity index (χ3v) is 5.62. The summed E-state index contributed by atoms with van der Waals surface area (Å²) in [5.74, 6) is 0.737. The molecule has 1 aromatic carbocycles. The van der Waals surface area contributed by atoms with Crippen LogP contribution < -0.4 is 10.2 Å². The topological polar surface area (TPSA) is 79.4 Å². The van der Waals surface area contributed by atoms with E-state index >= 15 is 0 Å². The number of rotatable bonds is 5. The van der Waals surface area contributed by atoms with E-state index in [2.05, 4.69) is 15.2 Å². The summed E-state index contributed by atoms with van der Waals surface area (Å²) in [6.07, 6.45) is 6.63. The van der Waals surface area contributed by atoms with Crippen LogP contribution in [0.5, 0.6) is 0 Å². The molecule has 0 atom stereocenters. The molecule has 0 aliphatic carbocycles. The Hall–Kier alpha value is -2.41. The average Bonchev–Trinajstić information content (AvgIpc) is 2.66. The van der Waals surface area contributed by atoms with Gasteiger partial charge < -0.3 is 10.2 Å². The van der Waals surface area contributed by atoms with Crippen molar-refractivity contribution >= 4 is 21.6 Å². The second-order valence-corrected chi connectivity index (χ2v) is 8.57. The van der Waals surface area contributed by atoms with E-state index in [1.165, 1.54) is 43.5 Å². The molecule has 1 N–H and O–H groups in total. The number of aromatic nitrogens is 1. The fourth-order valence-electron chi connectivity index (χ4n) is 2.97. The number of nitrogens with one attached hydrogen (secondary N) is 1. The second-order valence-electron chi connectivity index (χ2n) is 6.55. The Morgan fingerprint density at radius 1 is 1.08 bits per heavy atom. The molecule has 2 heterocycles. The van der Waals surface area contributed by atoms with Crippen LogP contribution in [0.15, 0.2) is 47.5 Å². The van der Waals surface area contributed by atoms with Gasteiger partial charge in [-0.15, -0.1) is 0 Å². The summed E-state index contributed by atoms with van der Waals surface area (Å²) in [5.41, 5.74) is 1.35. The number of carbonyl (C=O) groups is 1. The van der Waals surface area contributed by atoms with Gasteiger partial charge in [0.2, 0.25) is 0 Å². The molecule has 1 saturated heterocycles. The highest BCUT2D eigenvalue weighted by atomic mass is 32.2. The van der Waals surface area contributed by atoms with Gasteiger partial charge in [0, 0.05) is 37.7 Å². The molecule has 0 bridgehead atoms. The van der Waals surface area contributed by atoms with Gasteiger partial charge in [-0.25, -0.2) is 13.4 Å². The molecule has 138 valence electrons. The molecule has 0 radical (unpaired) electrons. The lowest BCUT2D eigenvalue weighted by atomic mass is 10.1. The highest BCUT2D eigenvalue weighted by molar-refractivity contribution is 7.90.